The normalized spacial score (nSPS) is 12.2. The van der Waals surface area contributed by atoms with Gasteiger partial charge in [-0.2, -0.15) is 11.8 Å². The van der Waals surface area contributed by atoms with E-state index in [0.717, 1.165) is 34.0 Å². The molecule has 0 saturated heterocycles. The van der Waals surface area contributed by atoms with Crippen LogP contribution in [0.4, 0.5) is 5.69 Å². The lowest BCUT2D eigenvalue weighted by atomic mass is 10.1. The summed E-state index contributed by atoms with van der Waals surface area (Å²) < 4.78 is 0. The summed E-state index contributed by atoms with van der Waals surface area (Å²) in [6, 6.07) is 5.87. The van der Waals surface area contributed by atoms with Crippen LogP contribution in [0.25, 0.3) is 0 Å². The van der Waals surface area contributed by atoms with Gasteiger partial charge in [0.25, 0.3) is 5.91 Å². The Morgan fingerprint density at radius 1 is 1.36 bits per heavy atom. The monoisotopic (exact) mass is 335 g/mol. The number of nitrogens with two attached hydrogens (primary N) is 1. The molecule has 1 aromatic heterocycles. The SMILES string of the molecule is CSCCC(N)c1nc(C(=O)Nc2cc(C)cc(C)c2)cs1. The van der Waals surface area contributed by atoms with Crippen molar-refractivity contribution < 1.29 is 4.79 Å². The van der Waals surface area contributed by atoms with Crippen molar-refractivity contribution in [2.75, 3.05) is 17.3 Å². The topological polar surface area (TPSA) is 68.0 Å². The standard InChI is InChI=1S/C16H21N3OS2/c1-10-6-11(2)8-12(7-10)18-15(20)14-9-22-16(19-14)13(17)4-5-21-3/h6-9,13H,4-5,17H2,1-3H3,(H,18,20). The Labute approximate surface area is 139 Å². The number of hydrogen-bond acceptors (Lipinski definition) is 5. The molecule has 2 rings (SSSR count). The maximum Gasteiger partial charge on any atom is 0.275 e. The van der Waals surface area contributed by atoms with E-state index < -0.39 is 0 Å². The minimum atomic E-state index is -0.190. The van der Waals surface area contributed by atoms with E-state index >= 15 is 0 Å². The minimum absolute atomic E-state index is 0.0970. The van der Waals surface area contributed by atoms with E-state index in [1.165, 1.54) is 11.3 Å². The van der Waals surface area contributed by atoms with Gasteiger partial charge < -0.3 is 11.1 Å². The van der Waals surface area contributed by atoms with Crippen LogP contribution in [0.15, 0.2) is 23.6 Å². The van der Waals surface area contributed by atoms with Gasteiger partial charge in [0.15, 0.2) is 0 Å². The van der Waals surface area contributed by atoms with Crippen LogP contribution < -0.4 is 11.1 Å². The minimum Gasteiger partial charge on any atom is -0.322 e. The molecule has 22 heavy (non-hydrogen) atoms. The third-order valence-corrected chi connectivity index (χ3v) is 4.80. The van der Waals surface area contributed by atoms with E-state index in [9.17, 15) is 4.79 Å². The molecule has 1 aromatic carbocycles. The van der Waals surface area contributed by atoms with Crippen molar-refractivity contribution in [3.05, 3.63) is 45.4 Å². The van der Waals surface area contributed by atoms with Crippen LogP contribution in [-0.4, -0.2) is 22.9 Å². The second-order valence-corrected chi connectivity index (χ2v) is 7.16. The van der Waals surface area contributed by atoms with Crippen molar-refractivity contribution in [1.82, 2.24) is 4.98 Å². The zero-order chi connectivity index (χ0) is 16.1. The number of benzene rings is 1. The molecule has 0 radical (unpaired) electrons. The Morgan fingerprint density at radius 3 is 2.68 bits per heavy atom. The first-order valence-electron chi connectivity index (χ1n) is 7.09. The Bertz CT molecular complexity index is 634. The van der Waals surface area contributed by atoms with Crippen molar-refractivity contribution in [2.24, 2.45) is 5.73 Å². The maximum atomic E-state index is 12.3. The second kappa shape index (κ2) is 7.76. The molecule has 1 unspecified atom stereocenters. The number of rotatable bonds is 6. The third kappa shape index (κ3) is 4.56. The van der Waals surface area contributed by atoms with E-state index in [2.05, 4.69) is 22.6 Å². The van der Waals surface area contributed by atoms with Crippen LogP contribution in [0.3, 0.4) is 0 Å². The highest BCUT2D eigenvalue weighted by molar-refractivity contribution is 7.98. The first kappa shape index (κ1) is 17.0. The number of nitrogens with zero attached hydrogens (tertiary/aromatic N) is 1. The van der Waals surface area contributed by atoms with Gasteiger partial charge in [0.05, 0.1) is 6.04 Å². The quantitative estimate of drug-likeness (QED) is 0.843. The summed E-state index contributed by atoms with van der Waals surface area (Å²) in [6.45, 7) is 4.02. The van der Waals surface area contributed by atoms with Crippen LogP contribution in [0, 0.1) is 13.8 Å². The Morgan fingerprint density at radius 2 is 2.05 bits per heavy atom. The van der Waals surface area contributed by atoms with Gasteiger partial charge in [-0.25, -0.2) is 4.98 Å². The van der Waals surface area contributed by atoms with E-state index in [1.54, 1.807) is 17.1 Å². The lowest BCUT2D eigenvalue weighted by molar-refractivity contribution is 0.102. The Hall–Kier alpha value is -1.37. The number of aromatic nitrogens is 1. The zero-order valence-corrected chi connectivity index (χ0v) is 14.7. The van der Waals surface area contributed by atoms with Crippen LogP contribution in [-0.2, 0) is 0 Å². The average Bonchev–Trinajstić information content (AvgIpc) is 2.93. The number of thioether (sulfide) groups is 1. The number of aryl methyl sites for hydroxylation is 2. The van der Waals surface area contributed by atoms with Gasteiger partial charge in [-0.05, 0) is 55.5 Å². The van der Waals surface area contributed by atoms with Crippen molar-refractivity contribution in [3.63, 3.8) is 0 Å². The Balaban J connectivity index is 2.05. The van der Waals surface area contributed by atoms with E-state index in [1.807, 2.05) is 26.0 Å². The van der Waals surface area contributed by atoms with Crippen LogP contribution >= 0.6 is 23.1 Å². The number of thiazole rings is 1. The lowest BCUT2D eigenvalue weighted by Crippen LogP contribution is -2.14. The van der Waals surface area contributed by atoms with Crippen LogP contribution in [0.2, 0.25) is 0 Å². The molecule has 2 aromatic rings. The predicted molar refractivity (Wildman–Crippen MR) is 95.9 cm³/mol. The summed E-state index contributed by atoms with van der Waals surface area (Å²) in [5, 5.41) is 5.48. The first-order valence-corrected chi connectivity index (χ1v) is 9.36. The molecule has 1 amide bonds. The zero-order valence-electron chi connectivity index (χ0n) is 13.1. The fraction of sp³-hybridized carbons (Fsp3) is 0.375. The summed E-state index contributed by atoms with van der Waals surface area (Å²) in [5.41, 5.74) is 9.55. The number of carbonyl (C=O) groups is 1. The molecule has 0 aliphatic rings. The largest absolute Gasteiger partial charge is 0.322 e. The number of anilines is 1. The van der Waals surface area contributed by atoms with E-state index in [-0.39, 0.29) is 11.9 Å². The van der Waals surface area contributed by atoms with Gasteiger partial charge in [0.1, 0.15) is 10.7 Å². The van der Waals surface area contributed by atoms with Crippen LogP contribution in [0.5, 0.6) is 0 Å². The summed E-state index contributed by atoms with van der Waals surface area (Å²) in [5.74, 6) is 0.801. The number of nitrogens with one attached hydrogen (secondary N) is 1. The summed E-state index contributed by atoms with van der Waals surface area (Å²) in [4.78, 5) is 16.7. The molecule has 4 nitrogen and oxygen atoms in total. The fourth-order valence-electron chi connectivity index (χ4n) is 2.17. The fourth-order valence-corrected chi connectivity index (χ4v) is 3.50. The first-order chi connectivity index (χ1) is 10.5. The number of carbonyl (C=O) groups excluding carboxylic acids is 1. The molecule has 1 heterocycles. The van der Waals surface area contributed by atoms with Gasteiger partial charge >= 0.3 is 0 Å². The van der Waals surface area contributed by atoms with Gasteiger partial charge in [-0.3, -0.25) is 4.79 Å². The van der Waals surface area contributed by atoms with E-state index in [0.29, 0.717) is 5.69 Å². The van der Waals surface area contributed by atoms with E-state index in [4.69, 9.17) is 5.73 Å². The molecule has 1 atom stereocenters. The maximum absolute atomic E-state index is 12.3. The predicted octanol–water partition coefficient (Wildman–Crippen LogP) is 3.77. The molecule has 0 saturated carbocycles. The summed E-state index contributed by atoms with van der Waals surface area (Å²) in [7, 11) is 0. The van der Waals surface area contributed by atoms with Gasteiger partial charge in [0, 0.05) is 11.1 Å². The molecule has 6 heteroatoms. The number of amides is 1. The molecule has 3 N–H and O–H groups in total. The average molecular weight is 335 g/mol. The summed E-state index contributed by atoms with van der Waals surface area (Å²) >= 11 is 3.21. The van der Waals surface area contributed by atoms with Gasteiger partial charge in [-0.1, -0.05) is 6.07 Å². The summed E-state index contributed by atoms with van der Waals surface area (Å²) in [6.07, 6.45) is 2.92. The smallest absolute Gasteiger partial charge is 0.275 e. The highest BCUT2D eigenvalue weighted by Gasteiger charge is 2.15. The highest BCUT2D eigenvalue weighted by atomic mass is 32.2. The molecule has 0 aliphatic heterocycles. The van der Waals surface area contributed by atoms with Crippen molar-refractivity contribution in [1.29, 1.82) is 0 Å². The molecule has 0 aliphatic carbocycles. The lowest BCUT2D eigenvalue weighted by Gasteiger charge is -2.07. The van der Waals surface area contributed by atoms with Crippen molar-refractivity contribution in [2.45, 2.75) is 26.3 Å². The molecule has 118 valence electrons. The second-order valence-electron chi connectivity index (χ2n) is 5.29. The van der Waals surface area contributed by atoms with Crippen LogP contribution in [0.1, 0.15) is 39.1 Å². The van der Waals surface area contributed by atoms with Gasteiger partial charge in [0.2, 0.25) is 0 Å². The van der Waals surface area contributed by atoms with Crippen molar-refractivity contribution >= 4 is 34.7 Å². The molecular weight excluding hydrogens is 314 g/mol. The van der Waals surface area contributed by atoms with Crippen molar-refractivity contribution in [3.8, 4) is 0 Å². The van der Waals surface area contributed by atoms with Gasteiger partial charge in [-0.15, -0.1) is 11.3 Å². The molecule has 0 bridgehead atoms. The molecule has 0 fully saturated rings. The molecule has 0 spiro atoms. The molecular formula is C16H21N3OS2. The Kier molecular flexibility index (Phi) is 5.99. The third-order valence-electron chi connectivity index (χ3n) is 3.18. The number of hydrogen-bond donors (Lipinski definition) is 2. The highest BCUT2D eigenvalue weighted by Crippen LogP contribution is 2.21.